The van der Waals surface area contributed by atoms with Crippen LogP contribution in [0.3, 0.4) is 0 Å². The largest absolute Gasteiger partial charge is 0.325 e. The highest BCUT2D eigenvalue weighted by Crippen LogP contribution is 2.26. The molecule has 0 radical (unpaired) electrons. The van der Waals surface area contributed by atoms with Crippen LogP contribution in [0.15, 0.2) is 48.5 Å². The Morgan fingerprint density at radius 1 is 1.14 bits per heavy atom. The summed E-state index contributed by atoms with van der Waals surface area (Å²) in [6, 6.07) is 17.0. The second-order valence-corrected chi connectivity index (χ2v) is 5.59. The van der Waals surface area contributed by atoms with Gasteiger partial charge >= 0.3 is 0 Å². The molecule has 3 heteroatoms. The highest BCUT2D eigenvalue weighted by molar-refractivity contribution is 5.99. The SMILES string of the molecule is Cc1ccc(C#N)cc1NC(=O)C(C)(C)c1ccccc1. The Labute approximate surface area is 125 Å². The number of nitrogens with one attached hydrogen (secondary N) is 1. The van der Waals surface area contributed by atoms with E-state index in [0.29, 0.717) is 11.3 Å². The summed E-state index contributed by atoms with van der Waals surface area (Å²) in [4.78, 5) is 12.6. The van der Waals surface area contributed by atoms with E-state index in [1.165, 1.54) is 0 Å². The van der Waals surface area contributed by atoms with E-state index in [4.69, 9.17) is 5.26 Å². The Hall–Kier alpha value is -2.60. The van der Waals surface area contributed by atoms with E-state index in [9.17, 15) is 4.79 Å². The van der Waals surface area contributed by atoms with E-state index in [1.54, 1.807) is 12.1 Å². The molecule has 2 aromatic carbocycles. The molecule has 0 aliphatic carbocycles. The molecular weight excluding hydrogens is 260 g/mol. The van der Waals surface area contributed by atoms with Crippen molar-refractivity contribution < 1.29 is 4.79 Å². The molecule has 0 unspecified atom stereocenters. The highest BCUT2D eigenvalue weighted by Gasteiger charge is 2.29. The zero-order valence-corrected chi connectivity index (χ0v) is 12.5. The first kappa shape index (κ1) is 14.8. The van der Waals surface area contributed by atoms with E-state index >= 15 is 0 Å². The molecule has 3 nitrogen and oxygen atoms in total. The van der Waals surface area contributed by atoms with Crippen LogP contribution in [-0.4, -0.2) is 5.91 Å². The molecule has 1 N–H and O–H groups in total. The maximum Gasteiger partial charge on any atom is 0.234 e. The van der Waals surface area contributed by atoms with E-state index in [2.05, 4.69) is 11.4 Å². The molecule has 0 bridgehead atoms. The molecule has 0 spiro atoms. The van der Waals surface area contributed by atoms with Crippen molar-refractivity contribution >= 4 is 11.6 Å². The van der Waals surface area contributed by atoms with Gasteiger partial charge in [0.2, 0.25) is 5.91 Å². The van der Waals surface area contributed by atoms with E-state index in [-0.39, 0.29) is 5.91 Å². The van der Waals surface area contributed by atoms with Crippen LogP contribution in [0.25, 0.3) is 0 Å². The predicted octanol–water partition coefficient (Wildman–Crippen LogP) is 3.78. The molecule has 1 amide bonds. The van der Waals surface area contributed by atoms with Gasteiger partial charge in [-0.15, -0.1) is 0 Å². The summed E-state index contributed by atoms with van der Waals surface area (Å²) in [6.07, 6.45) is 0. The number of carbonyl (C=O) groups excluding carboxylic acids is 1. The first-order chi connectivity index (χ1) is 9.95. The third kappa shape index (κ3) is 3.11. The number of nitrogens with zero attached hydrogens (tertiary/aromatic N) is 1. The van der Waals surface area contributed by atoms with Crippen LogP contribution >= 0.6 is 0 Å². The number of nitriles is 1. The van der Waals surface area contributed by atoms with Gasteiger partial charge in [-0.25, -0.2) is 0 Å². The third-order valence-corrected chi connectivity index (χ3v) is 3.68. The van der Waals surface area contributed by atoms with Crippen molar-refractivity contribution in [1.82, 2.24) is 0 Å². The molecule has 0 aliphatic heterocycles. The Balaban J connectivity index is 2.28. The van der Waals surface area contributed by atoms with E-state index < -0.39 is 5.41 Å². The topological polar surface area (TPSA) is 52.9 Å². The zero-order chi connectivity index (χ0) is 15.5. The molecule has 2 rings (SSSR count). The van der Waals surface area contributed by atoms with Gasteiger partial charge in [-0.3, -0.25) is 4.79 Å². The fourth-order valence-electron chi connectivity index (χ4n) is 2.09. The van der Waals surface area contributed by atoms with Crippen molar-refractivity contribution in [2.24, 2.45) is 0 Å². The van der Waals surface area contributed by atoms with Gasteiger partial charge in [0.15, 0.2) is 0 Å². The van der Waals surface area contributed by atoms with Crippen molar-refractivity contribution in [2.75, 3.05) is 5.32 Å². The van der Waals surface area contributed by atoms with Crippen molar-refractivity contribution in [1.29, 1.82) is 5.26 Å². The van der Waals surface area contributed by atoms with Gasteiger partial charge in [-0.1, -0.05) is 36.4 Å². The van der Waals surface area contributed by atoms with Gasteiger partial charge in [0.05, 0.1) is 17.0 Å². The van der Waals surface area contributed by atoms with Gasteiger partial charge in [0.1, 0.15) is 0 Å². The first-order valence-electron chi connectivity index (χ1n) is 6.83. The van der Waals surface area contributed by atoms with Crippen LogP contribution < -0.4 is 5.32 Å². The zero-order valence-electron chi connectivity index (χ0n) is 12.5. The molecule has 0 heterocycles. The van der Waals surface area contributed by atoms with Crippen LogP contribution in [-0.2, 0) is 10.2 Å². The second-order valence-electron chi connectivity index (χ2n) is 5.59. The molecule has 0 fully saturated rings. The van der Waals surface area contributed by atoms with Gasteiger partial charge in [0, 0.05) is 5.69 Å². The predicted molar refractivity (Wildman–Crippen MR) is 84.0 cm³/mol. The number of carbonyl (C=O) groups is 1. The maximum absolute atomic E-state index is 12.6. The lowest BCUT2D eigenvalue weighted by Gasteiger charge is -2.24. The lowest BCUT2D eigenvalue weighted by molar-refractivity contribution is -0.120. The fourth-order valence-corrected chi connectivity index (χ4v) is 2.09. The summed E-state index contributed by atoms with van der Waals surface area (Å²) in [7, 11) is 0. The van der Waals surface area contributed by atoms with Crippen LogP contribution in [0.4, 0.5) is 5.69 Å². The third-order valence-electron chi connectivity index (χ3n) is 3.68. The quantitative estimate of drug-likeness (QED) is 0.928. The average Bonchev–Trinajstić information content (AvgIpc) is 2.50. The smallest absolute Gasteiger partial charge is 0.234 e. The number of hydrogen-bond donors (Lipinski definition) is 1. The van der Waals surface area contributed by atoms with E-state index in [0.717, 1.165) is 11.1 Å². The van der Waals surface area contributed by atoms with Crippen LogP contribution in [0, 0.1) is 18.3 Å². The summed E-state index contributed by atoms with van der Waals surface area (Å²) >= 11 is 0. The minimum atomic E-state index is -0.643. The number of benzene rings is 2. The highest BCUT2D eigenvalue weighted by atomic mass is 16.2. The molecule has 0 saturated heterocycles. The maximum atomic E-state index is 12.6. The lowest BCUT2D eigenvalue weighted by Crippen LogP contribution is -2.34. The minimum Gasteiger partial charge on any atom is -0.325 e. The molecule has 0 aromatic heterocycles. The standard InChI is InChI=1S/C18H18N2O/c1-13-9-10-14(12-19)11-16(13)20-17(21)18(2,3)15-7-5-4-6-8-15/h4-11H,1-3H3,(H,20,21). The van der Waals surface area contributed by atoms with Gasteiger partial charge in [-0.2, -0.15) is 5.26 Å². The monoisotopic (exact) mass is 278 g/mol. The Bertz CT molecular complexity index is 697. The van der Waals surface area contributed by atoms with Gasteiger partial charge < -0.3 is 5.32 Å². The summed E-state index contributed by atoms with van der Waals surface area (Å²) < 4.78 is 0. The number of anilines is 1. The summed E-state index contributed by atoms with van der Waals surface area (Å²) in [6.45, 7) is 5.69. The summed E-state index contributed by atoms with van der Waals surface area (Å²) in [5, 5.41) is 11.9. The fraction of sp³-hybridized carbons (Fsp3) is 0.222. The average molecular weight is 278 g/mol. The lowest BCUT2D eigenvalue weighted by atomic mass is 9.83. The van der Waals surface area contributed by atoms with Crippen molar-refractivity contribution in [3.05, 3.63) is 65.2 Å². The number of amides is 1. The van der Waals surface area contributed by atoms with Crippen molar-refractivity contribution in [3.8, 4) is 6.07 Å². The molecule has 0 aliphatic rings. The molecule has 2 aromatic rings. The number of aryl methyl sites for hydroxylation is 1. The molecule has 21 heavy (non-hydrogen) atoms. The summed E-state index contributed by atoms with van der Waals surface area (Å²) in [5.74, 6) is -0.0908. The Morgan fingerprint density at radius 3 is 2.43 bits per heavy atom. The minimum absolute atomic E-state index is 0.0908. The van der Waals surface area contributed by atoms with Crippen molar-refractivity contribution in [3.63, 3.8) is 0 Å². The molecule has 106 valence electrons. The van der Waals surface area contributed by atoms with E-state index in [1.807, 2.05) is 57.2 Å². The molecular formula is C18H18N2O. The normalized spacial score (nSPS) is 10.8. The van der Waals surface area contributed by atoms with Crippen LogP contribution in [0.5, 0.6) is 0 Å². The Morgan fingerprint density at radius 2 is 1.81 bits per heavy atom. The van der Waals surface area contributed by atoms with Gasteiger partial charge in [-0.05, 0) is 44.0 Å². The number of rotatable bonds is 3. The first-order valence-corrected chi connectivity index (χ1v) is 6.83. The summed E-state index contributed by atoms with van der Waals surface area (Å²) in [5.41, 5.74) is 2.47. The number of hydrogen-bond acceptors (Lipinski definition) is 2. The van der Waals surface area contributed by atoms with Crippen LogP contribution in [0.1, 0.15) is 30.5 Å². The van der Waals surface area contributed by atoms with Crippen LogP contribution in [0.2, 0.25) is 0 Å². The Kier molecular flexibility index (Phi) is 4.09. The molecule has 0 saturated carbocycles. The van der Waals surface area contributed by atoms with Gasteiger partial charge in [0.25, 0.3) is 0 Å². The molecule has 0 atom stereocenters. The second kappa shape index (κ2) is 5.80. The van der Waals surface area contributed by atoms with Crippen molar-refractivity contribution in [2.45, 2.75) is 26.2 Å².